The minimum Gasteiger partial charge on any atom is -0.403 e. The highest BCUT2D eigenvalue weighted by atomic mass is 32.1. The van der Waals surface area contributed by atoms with Crippen LogP contribution in [0.15, 0.2) is 44.9 Å². The van der Waals surface area contributed by atoms with Crippen LogP contribution < -0.4 is 5.63 Å². The van der Waals surface area contributed by atoms with Gasteiger partial charge in [0.2, 0.25) is 5.89 Å². The Morgan fingerprint density at radius 1 is 1.17 bits per heavy atom. The Hall–Kier alpha value is -2.80. The Morgan fingerprint density at radius 3 is 2.61 bits per heavy atom. The van der Waals surface area contributed by atoms with Crippen molar-refractivity contribution in [3.63, 3.8) is 0 Å². The fourth-order valence-corrected chi connectivity index (χ4v) is 3.05. The van der Waals surface area contributed by atoms with Crippen LogP contribution in [0.5, 0.6) is 0 Å². The molecule has 1 aromatic carbocycles. The van der Waals surface area contributed by atoms with Crippen molar-refractivity contribution in [2.45, 2.75) is 13.8 Å². The molecule has 0 bridgehead atoms. The number of thiophene rings is 1. The Bertz CT molecular complexity index is 959. The molecule has 2 aromatic heterocycles. The number of aromatic nitrogens is 1. The van der Waals surface area contributed by atoms with Crippen LogP contribution in [0.1, 0.15) is 11.1 Å². The SMILES string of the molecule is Cc1ccc(-c2cc(=O)oc(-c3sccc3C)n2)cc1[N+](=O)[O-]. The molecule has 0 atom stereocenters. The first-order valence-corrected chi connectivity index (χ1v) is 7.66. The van der Waals surface area contributed by atoms with Crippen molar-refractivity contribution in [3.8, 4) is 22.0 Å². The van der Waals surface area contributed by atoms with E-state index in [4.69, 9.17) is 4.42 Å². The number of nitrogens with zero attached hydrogens (tertiary/aromatic N) is 2. The predicted molar refractivity (Wildman–Crippen MR) is 87.7 cm³/mol. The lowest BCUT2D eigenvalue weighted by molar-refractivity contribution is -0.385. The van der Waals surface area contributed by atoms with E-state index >= 15 is 0 Å². The van der Waals surface area contributed by atoms with Crippen molar-refractivity contribution in [2.24, 2.45) is 0 Å². The second kappa shape index (κ2) is 5.77. The first-order chi connectivity index (χ1) is 11.0. The van der Waals surface area contributed by atoms with Crippen LogP contribution in [0.3, 0.4) is 0 Å². The summed E-state index contributed by atoms with van der Waals surface area (Å²) in [6, 6.07) is 7.91. The monoisotopic (exact) mass is 328 g/mol. The van der Waals surface area contributed by atoms with E-state index in [1.165, 1.54) is 23.5 Å². The average molecular weight is 328 g/mol. The first kappa shape index (κ1) is 15.1. The van der Waals surface area contributed by atoms with E-state index in [0.29, 0.717) is 16.8 Å². The molecule has 0 aliphatic rings. The summed E-state index contributed by atoms with van der Waals surface area (Å²) in [6.07, 6.45) is 0. The normalized spacial score (nSPS) is 10.7. The summed E-state index contributed by atoms with van der Waals surface area (Å²) in [6.45, 7) is 3.56. The summed E-state index contributed by atoms with van der Waals surface area (Å²) < 4.78 is 5.18. The molecular formula is C16H12N2O4S. The van der Waals surface area contributed by atoms with Crippen LogP contribution in [-0.4, -0.2) is 9.91 Å². The topological polar surface area (TPSA) is 86.2 Å². The first-order valence-electron chi connectivity index (χ1n) is 6.78. The summed E-state index contributed by atoms with van der Waals surface area (Å²) in [5, 5.41) is 13.0. The van der Waals surface area contributed by atoms with E-state index in [0.717, 1.165) is 10.4 Å². The van der Waals surface area contributed by atoms with Crippen molar-refractivity contribution in [3.05, 3.63) is 67.4 Å². The number of hydrogen-bond acceptors (Lipinski definition) is 6. The van der Waals surface area contributed by atoms with Gasteiger partial charge in [0.1, 0.15) is 0 Å². The molecule has 6 nitrogen and oxygen atoms in total. The Morgan fingerprint density at radius 2 is 1.96 bits per heavy atom. The fraction of sp³-hybridized carbons (Fsp3) is 0.125. The molecule has 0 aliphatic carbocycles. The third-order valence-corrected chi connectivity index (χ3v) is 4.44. The van der Waals surface area contributed by atoms with Crippen LogP contribution in [0, 0.1) is 24.0 Å². The zero-order valence-corrected chi connectivity index (χ0v) is 13.2. The standard InChI is InChI=1S/C16H12N2O4S/c1-9-3-4-11(7-13(9)18(20)21)12-8-14(19)22-16(17-12)15-10(2)5-6-23-15/h3-8H,1-2H3. The molecule has 0 spiro atoms. The highest BCUT2D eigenvalue weighted by Gasteiger charge is 2.15. The van der Waals surface area contributed by atoms with Gasteiger partial charge in [0.15, 0.2) is 0 Å². The summed E-state index contributed by atoms with van der Waals surface area (Å²) in [5.74, 6) is 0.225. The molecule has 7 heteroatoms. The molecule has 23 heavy (non-hydrogen) atoms. The van der Waals surface area contributed by atoms with Crippen LogP contribution in [0.25, 0.3) is 22.0 Å². The van der Waals surface area contributed by atoms with E-state index in [9.17, 15) is 14.9 Å². The van der Waals surface area contributed by atoms with Gasteiger partial charge in [0.05, 0.1) is 21.6 Å². The summed E-state index contributed by atoms with van der Waals surface area (Å²) in [4.78, 5) is 27.6. The molecule has 0 unspecified atom stereocenters. The van der Waals surface area contributed by atoms with E-state index in [2.05, 4.69) is 4.98 Å². The number of nitro benzene ring substituents is 1. The highest BCUT2D eigenvalue weighted by molar-refractivity contribution is 7.13. The quantitative estimate of drug-likeness (QED) is 0.536. The van der Waals surface area contributed by atoms with E-state index in [1.54, 1.807) is 19.1 Å². The Kier molecular flexibility index (Phi) is 3.79. The molecule has 0 aliphatic heterocycles. The van der Waals surface area contributed by atoms with Gasteiger partial charge in [0, 0.05) is 17.2 Å². The number of benzene rings is 1. The molecule has 3 aromatic rings. The number of rotatable bonds is 3. The summed E-state index contributed by atoms with van der Waals surface area (Å²) in [7, 11) is 0. The van der Waals surface area contributed by atoms with E-state index in [1.807, 2.05) is 18.4 Å². The predicted octanol–water partition coefficient (Wildman–Crippen LogP) is 3.96. The second-order valence-corrected chi connectivity index (χ2v) is 5.97. The summed E-state index contributed by atoms with van der Waals surface area (Å²) >= 11 is 1.42. The molecule has 3 rings (SSSR count). The minimum absolute atomic E-state index is 0.00797. The molecule has 0 amide bonds. The molecule has 116 valence electrons. The van der Waals surface area contributed by atoms with E-state index < -0.39 is 10.5 Å². The maximum Gasteiger partial charge on any atom is 0.339 e. The van der Waals surface area contributed by atoms with Gasteiger partial charge < -0.3 is 4.42 Å². The van der Waals surface area contributed by atoms with Gasteiger partial charge in [-0.3, -0.25) is 10.1 Å². The molecule has 2 heterocycles. The zero-order chi connectivity index (χ0) is 16.6. The number of nitro groups is 1. The number of hydrogen-bond donors (Lipinski definition) is 0. The maximum absolute atomic E-state index is 11.8. The third-order valence-electron chi connectivity index (χ3n) is 3.43. The van der Waals surface area contributed by atoms with E-state index in [-0.39, 0.29) is 11.6 Å². The van der Waals surface area contributed by atoms with Crippen molar-refractivity contribution in [2.75, 3.05) is 0 Å². The smallest absolute Gasteiger partial charge is 0.339 e. The van der Waals surface area contributed by atoms with Gasteiger partial charge >= 0.3 is 5.63 Å². The Balaban J connectivity index is 2.16. The lowest BCUT2D eigenvalue weighted by Crippen LogP contribution is -2.02. The number of aryl methyl sites for hydroxylation is 2. The van der Waals surface area contributed by atoms with Crippen LogP contribution >= 0.6 is 11.3 Å². The summed E-state index contributed by atoms with van der Waals surface area (Å²) in [5.41, 5.74) is 1.82. The molecule has 0 N–H and O–H groups in total. The van der Waals surface area contributed by atoms with Gasteiger partial charge in [-0.25, -0.2) is 9.78 Å². The second-order valence-electron chi connectivity index (χ2n) is 5.06. The average Bonchev–Trinajstić information content (AvgIpc) is 2.93. The lowest BCUT2D eigenvalue weighted by atomic mass is 10.1. The largest absolute Gasteiger partial charge is 0.403 e. The fourth-order valence-electron chi connectivity index (χ4n) is 2.20. The molecule has 0 radical (unpaired) electrons. The highest BCUT2D eigenvalue weighted by Crippen LogP contribution is 2.30. The van der Waals surface area contributed by atoms with Gasteiger partial charge in [-0.1, -0.05) is 12.1 Å². The maximum atomic E-state index is 11.8. The van der Waals surface area contributed by atoms with Crippen LogP contribution in [0.2, 0.25) is 0 Å². The van der Waals surface area contributed by atoms with Crippen LogP contribution in [0.4, 0.5) is 5.69 Å². The van der Waals surface area contributed by atoms with Crippen LogP contribution in [-0.2, 0) is 0 Å². The minimum atomic E-state index is -0.541. The zero-order valence-electron chi connectivity index (χ0n) is 12.4. The van der Waals surface area contributed by atoms with Gasteiger partial charge in [0.25, 0.3) is 5.69 Å². The lowest BCUT2D eigenvalue weighted by Gasteiger charge is -2.04. The van der Waals surface area contributed by atoms with Crippen molar-refractivity contribution in [1.29, 1.82) is 0 Å². The van der Waals surface area contributed by atoms with Gasteiger partial charge in [-0.05, 0) is 30.9 Å². The van der Waals surface area contributed by atoms with Crippen molar-refractivity contribution in [1.82, 2.24) is 4.98 Å². The van der Waals surface area contributed by atoms with Crippen molar-refractivity contribution >= 4 is 17.0 Å². The van der Waals surface area contributed by atoms with Gasteiger partial charge in [-0.15, -0.1) is 11.3 Å². The Labute approximate surface area is 135 Å². The third kappa shape index (κ3) is 2.91. The molecule has 0 saturated heterocycles. The van der Waals surface area contributed by atoms with Crippen molar-refractivity contribution < 1.29 is 9.34 Å². The molecule has 0 saturated carbocycles. The molecule has 0 fully saturated rings. The molecular weight excluding hydrogens is 316 g/mol. The van der Waals surface area contributed by atoms with Gasteiger partial charge in [-0.2, -0.15) is 0 Å².